The summed E-state index contributed by atoms with van der Waals surface area (Å²) in [5, 5.41) is 22.0. The predicted octanol–water partition coefficient (Wildman–Crippen LogP) is 1.24. The van der Waals surface area contributed by atoms with Crippen LogP contribution in [0.15, 0.2) is 30.3 Å². The lowest BCUT2D eigenvalue weighted by Gasteiger charge is -2.29. The van der Waals surface area contributed by atoms with E-state index in [4.69, 9.17) is 5.73 Å². The molecule has 1 amide bonds. The van der Waals surface area contributed by atoms with E-state index < -0.39 is 30.1 Å². The number of nitrogens with one attached hydrogen (secondary N) is 1. The summed E-state index contributed by atoms with van der Waals surface area (Å²) in [6.45, 7) is 0.866. The molecule has 8 nitrogen and oxygen atoms in total. The monoisotopic (exact) mass is 405 g/mol. The van der Waals surface area contributed by atoms with Gasteiger partial charge in [-0.1, -0.05) is 36.8 Å². The van der Waals surface area contributed by atoms with Crippen LogP contribution in [0, 0.1) is 0 Å². The second-order valence-electron chi connectivity index (χ2n) is 7.45. The van der Waals surface area contributed by atoms with Gasteiger partial charge in [0.2, 0.25) is 5.91 Å². The Hall–Kier alpha value is -2.45. The molecule has 0 aromatic heterocycles. The molecule has 0 bridgehead atoms. The van der Waals surface area contributed by atoms with Crippen LogP contribution in [0.4, 0.5) is 0 Å². The van der Waals surface area contributed by atoms with E-state index >= 15 is 0 Å². The van der Waals surface area contributed by atoms with Gasteiger partial charge in [0.05, 0.1) is 6.04 Å². The highest BCUT2D eigenvalue weighted by molar-refractivity contribution is 5.88. The third kappa shape index (κ3) is 6.83. The van der Waals surface area contributed by atoms with Gasteiger partial charge in [0.1, 0.15) is 12.1 Å². The minimum atomic E-state index is -1.02. The minimum Gasteiger partial charge on any atom is -0.480 e. The fraction of sp³-hybridized carbons (Fsp3) is 0.571. The Morgan fingerprint density at radius 1 is 1.10 bits per heavy atom. The standard InChI is InChI=1S/C21H31N3O5/c22-13-5-4-9-16(19(25)24-14-6-10-18(24)21(28)29)23-17(20(26)27)12-11-15-7-2-1-3-8-15/h1-3,7-8,16-18,23H,4-6,9-14,22H2,(H,26,27)(H,28,29)/t16-,17-,18+/m1/s1. The van der Waals surface area contributed by atoms with Crippen LogP contribution in [-0.2, 0) is 20.8 Å². The molecule has 0 unspecified atom stereocenters. The number of unbranched alkanes of at least 4 members (excludes halogenated alkanes) is 1. The molecule has 8 heteroatoms. The Labute approximate surface area is 171 Å². The molecule has 1 aromatic carbocycles. The first-order chi connectivity index (χ1) is 13.9. The average molecular weight is 405 g/mol. The van der Waals surface area contributed by atoms with Crippen LogP contribution in [0.1, 0.15) is 44.1 Å². The number of hydrogen-bond donors (Lipinski definition) is 4. The SMILES string of the molecule is NCCCC[C@@H](N[C@H](CCc1ccccc1)C(=O)O)C(=O)N1CCC[C@H]1C(=O)O. The van der Waals surface area contributed by atoms with Crippen molar-refractivity contribution in [2.45, 2.75) is 63.1 Å². The minimum absolute atomic E-state index is 0.335. The average Bonchev–Trinajstić information content (AvgIpc) is 3.20. The highest BCUT2D eigenvalue weighted by Gasteiger charge is 2.38. The number of amides is 1. The molecule has 1 heterocycles. The molecule has 0 radical (unpaired) electrons. The molecule has 29 heavy (non-hydrogen) atoms. The smallest absolute Gasteiger partial charge is 0.326 e. The van der Waals surface area contributed by atoms with Crippen LogP contribution in [0.2, 0.25) is 0 Å². The van der Waals surface area contributed by atoms with Gasteiger partial charge in [0.15, 0.2) is 0 Å². The van der Waals surface area contributed by atoms with E-state index in [1.54, 1.807) is 0 Å². The fourth-order valence-corrected chi connectivity index (χ4v) is 3.73. The fourth-order valence-electron chi connectivity index (χ4n) is 3.73. The van der Waals surface area contributed by atoms with Gasteiger partial charge in [-0.2, -0.15) is 0 Å². The molecule has 1 fully saturated rings. The second kappa shape index (κ2) is 11.5. The summed E-state index contributed by atoms with van der Waals surface area (Å²) < 4.78 is 0. The molecule has 0 saturated carbocycles. The number of carboxylic acids is 2. The number of carbonyl (C=O) groups excluding carboxylic acids is 1. The summed E-state index contributed by atoms with van der Waals surface area (Å²) in [4.78, 5) is 37.7. The number of nitrogens with zero attached hydrogens (tertiary/aromatic N) is 1. The molecule has 5 N–H and O–H groups in total. The molecular formula is C21H31N3O5. The summed E-state index contributed by atoms with van der Waals surface area (Å²) >= 11 is 0. The van der Waals surface area contributed by atoms with E-state index in [0.717, 1.165) is 12.0 Å². The van der Waals surface area contributed by atoms with E-state index in [-0.39, 0.29) is 5.91 Å². The van der Waals surface area contributed by atoms with Crippen molar-refractivity contribution in [1.82, 2.24) is 10.2 Å². The van der Waals surface area contributed by atoms with Crippen molar-refractivity contribution < 1.29 is 24.6 Å². The zero-order chi connectivity index (χ0) is 21.2. The lowest BCUT2D eigenvalue weighted by atomic mass is 10.0. The van der Waals surface area contributed by atoms with Crippen molar-refractivity contribution in [3.8, 4) is 0 Å². The maximum absolute atomic E-state index is 13.1. The maximum Gasteiger partial charge on any atom is 0.326 e. The first-order valence-electron chi connectivity index (χ1n) is 10.2. The van der Waals surface area contributed by atoms with Gasteiger partial charge in [-0.15, -0.1) is 0 Å². The van der Waals surface area contributed by atoms with E-state index in [1.807, 2.05) is 30.3 Å². The van der Waals surface area contributed by atoms with Crippen molar-refractivity contribution in [3.63, 3.8) is 0 Å². The molecule has 2 rings (SSSR count). The number of aliphatic carboxylic acids is 2. The van der Waals surface area contributed by atoms with E-state index in [1.165, 1.54) is 4.90 Å². The van der Waals surface area contributed by atoms with Gasteiger partial charge in [-0.25, -0.2) is 4.79 Å². The topological polar surface area (TPSA) is 133 Å². The second-order valence-corrected chi connectivity index (χ2v) is 7.45. The van der Waals surface area contributed by atoms with Gasteiger partial charge >= 0.3 is 11.9 Å². The predicted molar refractivity (Wildman–Crippen MR) is 108 cm³/mol. The number of rotatable bonds is 12. The zero-order valence-corrected chi connectivity index (χ0v) is 16.6. The Bertz CT molecular complexity index is 682. The normalized spacial score (nSPS) is 18.4. The molecule has 1 aromatic rings. The number of carboxylic acid groups (broad SMARTS) is 2. The molecule has 1 aliphatic heterocycles. The van der Waals surface area contributed by atoms with Crippen LogP contribution in [0.25, 0.3) is 0 Å². The van der Waals surface area contributed by atoms with Crippen LogP contribution in [0.3, 0.4) is 0 Å². The Morgan fingerprint density at radius 3 is 2.45 bits per heavy atom. The number of hydrogen-bond acceptors (Lipinski definition) is 5. The summed E-state index contributed by atoms with van der Waals surface area (Å²) in [7, 11) is 0. The van der Waals surface area contributed by atoms with Gasteiger partial charge < -0.3 is 20.8 Å². The van der Waals surface area contributed by atoms with Gasteiger partial charge in [0, 0.05) is 6.54 Å². The zero-order valence-electron chi connectivity index (χ0n) is 16.6. The van der Waals surface area contributed by atoms with E-state index in [9.17, 15) is 24.6 Å². The van der Waals surface area contributed by atoms with Crippen LogP contribution >= 0.6 is 0 Å². The lowest BCUT2D eigenvalue weighted by molar-refractivity contribution is -0.149. The van der Waals surface area contributed by atoms with Crippen molar-refractivity contribution >= 4 is 17.8 Å². The molecule has 1 aliphatic rings. The number of carbonyl (C=O) groups is 3. The molecular weight excluding hydrogens is 374 g/mol. The Kier molecular flexibility index (Phi) is 9.08. The summed E-state index contributed by atoms with van der Waals surface area (Å²) in [6.07, 6.45) is 3.76. The lowest BCUT2D eigenvalue weighted by Crippen LogP contribution is -2.54. The summed E-state index contributed by atoms with van der Waals surface area (Å²) in [6, 6.07) is 7.10. The van der Waals surface area contributed by atoms with E-state index in [0.29, 0.717) is 51.6 Å². The third-order valence-corrected chi connectivity index (χ3v) is 5.33. The highest BCUT2D eigenvalue weighted by Crippen LogP contribution is 2.20. The van der Waals surface area contributed by atoms with Crippen LogP contribution < -0.4 is 11.1 Å². The largest absolute Gasteiger partial charge is 0.480 e. The number of benzene rings is 1. The van der Waals surface area contributed by atoms with Crippen LogP contribution in [-0.4, -0.2) is 64.2 Å². The molecule has 1 saturated heterocycles. The molecule has 160 valence electrons. The Balaban J connectivity index is 2.08. The van der Waals surface area contributed by atoms with Crippen molar-refractivity contribution in [2.75, 3.05) is 13.1 Å². The first-order valence-corrected chi connectivity index (χ1v) is 10.2. The van der Waals surface area contributed by atoms with Gasteiger partial charge in [0.25, 0.3) is 0 Å². The van der Waals surface area contributed by atoms with Crippen molar-refractivity contribution in [2.24, 2.45) is 5.73 Å². The molecule has 0 spiro atoms. The summed E-state index contributed by atoms with van der Waals surface area (Å²) in [5.74, 6) is -2.37. The summed E-state index contributed by atoms with van der Waals surface area (Å²) in [5.41, 5.74) is 6.57. The van der Waals surface area contributed by atoms with Crippen LogP contribution in [0.5, 0.6) is 0 Å². The maximum atomic E-state index is 13.1. The van der Waals surface area contributed by atoms with Crippen molar-refractivity contribution in [1.29, 1.82) is 0 Å². The highest BCUT2D eigenvalue weighted by atomic mass is 16.4. The number of nitrogens with two attached hydrogens (primary N) is 1. The molecule has 0 aliphatic carbocycles. The third-order valence-electron chi connectivity index (χ3n) is 5.33. The van der Waals surface area contributed by atoms with E-state index in [2.05, 4.69) is 5.32 Å². The number of likely N-dealkylation sites (tertiary alicyclic amines) is 1. The van der Waals surface area contributed by atoms with Crippen molar-refractivity contribution in [3.05, 3.63) is 35.9 Å². The Morgan fingerprint density at radius 2 is 1.83 bits per heavy atom. The quantitative estimate of drug-likeness (QED) is 0.384. The van der Waals surface area contributed by atoms with Gasteiger partial charge in [-0.05, 0) is 50.6 Å². The number of aryl methyl sites for hydroxylation is 1. The first kappa shape index (κ1) is 22.8. The van der Waals surface area contributed by atoms with Gasteiger partial charge in [-0.3, -0.25) is 14.9 Å². The molecule has 3 atom stereocenters.